The van der Waals surface area contributed by atoms with Gasteiger partial charge in [-0.15, -0.1) is 0 Å². The van der Waals surface area contributed by atoms with Crippen molar-refractivity contribution >= 4 is 29.3 Å². The first-order chi connectivity index (χ1) is 9.99. The molecule has 1 amide bonds. The Balaban J connectivity index is 2.11. The molecule has 21 heavy (non-hydrogen) atoms. The van der Waals surface area contributed by atoms with Crippen LogP contribution in [0.3, 0.4) is 0 Å². The van der Waals surface area contributed by atoms with E-state index in [0.717, 1.165) is 0 Å². The minimum absolute atomic E-state index is 0.269. The van der Waals surface area contributed by atoms with Gasteiger partial charge < -0.3 is 10.4 Å². The van der Waals surface area contributed by atoms with Crippen molar-refractivity contribution in [3.8, 4) is 0 Å². The molecule has 2 atom stereocenters. The Kier molecular flexibility index (Phi) is 5.17. The van der Waals surface area contributed by atoms with E-state index in [1.807, 2.05) is 0 Å². The molecule has 1 saturated carbocycles. The summed E-state index contributed by atoms with van der Waals surface area (Å²) in [6.07, 6.45) is 1.66. The van der Waals surface area contributed by atoms with Crippen LogP contribution in [0.25, 0.3) is 0 Å². The van der Waals surface area contributed by atoms with Crippen molar-refractivity contribution < 1.29 is 23.5 Å². The summed E-state index contributed by atoms with van der Waals surface area (Å²) in [6, 6.07) is 6.27. The predicted octanol–water partition coefficient (Wildman–Crippen LogP) is 3.44. The van der Waals surface area contributed by atoms with Crippen LogP contribution in [0.5, 0.6) is 0 Å². The summed E-state index contributed by atoms with van der Waals surface area (Å²) in [4.78, 5) is 23.6. The number of benzene rings is 1. The van der Waals surface area contributed by atoms with E-state index in [1.165, 1.54) is 12.1 Å². The second-order valence-corrected chi connectivity index (χ2v) is 5.88. The molecule has 1 fully saturated rings. The quantitative estimate of drug-likeness (QED) is 0.817. The number of carbonyl (C=O) groups is 2. The molecule has 1 aliphatic rings. The average Bonchev–Trinajstić information content (AvgIpc) is 2.90. The fourth-order valence-electron chi connectivity index (χ4n) is 2.56. The first-order valence-corrected chi connectivity index (χ1v) is 7.44. The maximum Gasteiger partial charge on any atom is 0.307 e. The molecule has 114 valence electrons. The first-order valence-electron chi connectivity index (χ1n) is 6.56. The highest BCUT2D eigenvalue weighted by Crippen LogP contribution is 2.35. The third-order valence-electron chi connectivity index (χ3n) is 3.53. The van der Waals surface area contributed by atoms with Gasteiger partial charge in [0.05, 0.1) is 17.5 Å². The number of amides is 1. The number of para-hydroxylation sites is 1. The van der Waals surface area contributed by atoms with Crippen molar-refractivity contribution in [1.29, 1.82) is 0 Å². The summed E-state index contributed by atoms with van der Waals surface area (Å²) < 4.78 is 25.0. The van der Waals surface area contributed by atoms with Crippen molar-refractivity contribution in [2.24, 2.45) is 11.8 Å². The molecule has 0 bridgehead atoms. The Morgan fingerprint density at radius 3 is 2.57 bits per heavy atom. The summed E-state index contributed by atoms with van der Waals surface area (Å²) in [5, 5.41) is 11.7. The first kappa shape index (κ1) is 15.8. The van der Waals surface area contributed by atoms with Gasteiger partial charge in [-0.25, -0.2) is 0 Å². The number of rotatable bonds is 5. The molecule has 0 aromatic heterocycles. The molecular formula is C14H15F2NO3S. The van der Waals surface area contributed by atoms with Crippen LogP contribution < -0.4 is 5.32 Å². The number of carboxylic acids is 1. The second-order valence-electron chi connectivity index (χ2n) is 4.85. The number of hydrogen-bond acceptors (Lipinski definition) is 3. The molecule has 2 N–H and O–H groups in total. The van der Waals surface area contributed by atoms with Gasteiger partial charge in [-0.1, -0.05) is 30.3 Å². The van der Waals surface area contributed by atoms with Gasteiger partial charge in [0.1, 0.15) is 0 Å². The lowest BCUT2D eigenvalue weighted by Crippen LogP contribution is -2.30. The van der Waals surface area contributed by atoms with E-state index in [2.05, 4.69) is 5.32 Å². The number of anilines is 1. The van der Waals surface area contributed by atoms with Crippen LogP contribution in [0.4, 0.5) is 14.5 Å². The average molecular weight is 315 g/mol. The number of aliphatic carboxylic acids is 1. The molecule has 2 rings (SSSR count). The van der Waals surface area contributed by atoms with Crippen LogP contribution >= 0.6 is 11.8 Å². The molecule has 0 radical (unpaired) electrons. The van der Waals surface area contributed by atoms with Gasteiger partial charge in [0.2, 0.25) is 5.91 Å². The lowest BCUT2D eigenvalue weighted by molar-refractivity contribution is -0.145. The molecule has 0 aliphatic heterocycles. The van der Waals surface area contributed by atoms with Crippen LogP contribution in [0.15, 0.2) is 29.2 Å². The van der Waals surface area contributed by atoms with Crippen LogP contribution in [0.2, 0.25) is 0 Å². The minimum Gasteiger partial charge on any atom is -0.481 e. The molecule has 0 heterocycles. The number of carbonyl (C=O) groups excluding carboxylic acids is 1. The van der Waals surface area contributed by atoms with E-state index in [-0.39, 0.29) is 4.90 Å². The highest BCUT2D eigenvalue weighted by atomic mass is 32.2. The largest absolute Gasteiger partial charge is 0.481 e. The van der Waals surface area contributed by atoms with E-state index in [0.29, 0.717) is 36.7 Å². The zero-order valence-corrected chi connectivity index (χ0v) is 11.9. The van der Waals surface area contributed by atoms with Gasteiger partial charge in [-0.2, -0.15) is 8.78 Å². The van der Waals surface area contributed by atoms with Crippen LogP contribution in [-0.2, 0) is 9.59 Å². The summed E-state index contributed by atoms with van der Waals surface area (Å²) in [5.74, 6) is -5.28. The lowest BCUT2D eigenvalue weighted by atomic mass is 9.95. The topological polar surface area (TPSA) is 66.4 Å². The maximum absolute atomic E-state index is 12.5. The molecule has 0 spiro atoms. The van der Waals surface area contributed by atoms with Crippen molar-refractivity contribution in [3.63, 3.8) is 0 Å². The molecule has 1 aromatic rings. The van der Waals surface area contributed by atoms with Gasteiger partial charge >= 0.3 is 5.97 Å². The number of carboxylic acid groups (broad SMARTS) is 1. The number of nitrogens with one attached hydrogen (secondary N) is 1. The lowest BCUT2D eigenvalue weighted by Gasteiger charge is -2.17. The Bertz CT molecular complexity index is 539. The minimum atomic E-state index is -2.58. The highest BCUT2D eigenvalue weighted by molar-refractivity contribution is 7.99. The number of halogens is 2. The Labute approximate surface area is 124 Å². The van der Waals surface area contributed by atoms with E-state index in [1.54, 1.807) is 12.1 Å². The Morgan fingerprint density at radius 2 is 1.90 bits per heavy atom. The Morgan fingerprint density at radius 1 is 1.24 bits per heavy atom. The second kappa shape index (κ2) is 6.89. The van der Waals surface area contributed by atoms with Gasteiger partial charge in [0, 0.05) is 4.90 Å². The Hall–Kier alpha value is -1.63. The molecule has 7 heteroatoms. The van der Waals surface area contributed by atoms with Gasteiger partial charge in [-0.3, -0.25) is 9.59 Å². The molecule has 4 nitrogen and oxygen atoms in total. The molecule has 2 unspecified atom stereocenters. The summed E-state index contributed by atoms with van der Waals surface area (Å²) in [7, 11) is 0. The van der Waals surface area contributed by atoms with Crippen molar-refractivity contribution in [2.45, 2.75) is 29.9 Å². The predicted molar refractivity (Wildman–Crippen MR) is 75.4 cm³/mol. The molecule has 1 aromatic carbocycles. The third kappa shape index (κ3) is 3.93. The number of thioether (sulfide) groups is 1. The van der Waals surface area contributed by atoms with Gasteiger partial charge in [-0.05, 0) is 25.0 Å². The number of hydrogen-bond donors (Lipinski definition) is 2. The third-order valence-corrected chi connectivity index (χ3v) is 4.32. The van der Waals surface area contributed by atoms with Crippen molar-refractivity contribution in [2.75, 3.05) is 5.32 Å². The SMILES string of the molecule is O=C(O)C1CCCC1C(=O)Nc1ccccc1SC(F)F. The zero-order valence-electron chi connectivity index (χ0n) is 11.1. The summed E-state index contributed by atoms with van der Waals surface area (Å²) >= 11 is 0.352. The van der Waals surface area contributed by atoms with E-state index < -0.39 is 29.5 Å². The van der Waals surface area contributed by atoms with E-state index >= 15 is 0 Å². The van der Waals surface area contributed by atoms with Crippen LogP contribution in [-0.4, -0.2) is 22.7 Å². The summed E-state index contributed by atoms with van der Waals surface area (Å²) in [6.45, 7) is 0. The van der Waals surface area contributed by atoms with E-state index in [9.17, 15) is 18.4 Å². The highest BCUT2D eigenvalue weighted by Gasteiger charge is 2.37. The van der Waals surface area contributed by atoms with E-state index in [4.69, 9.17) is 5.11 Å². The standard InChI is InChI=1S/C14H15F2NO3S/c15-14(16)21-11-7-2-1-6-10(11)17-12(18)8-4-3-5-9(8)13(19)20/h1-2,6-9,14H,3-5H2,(H,17,18)(H,19,20). The number of alkyl halides is 2. The van der Waals surface area contributed by atoms with Gasteiger partial charge in [0.25, 0.3) is 5.76 Å². The van der Waals surface area contributed by atoms with Gasteiger partial charge in [0.15, 0.2) is 0 Å². The zero-order chi connectivity index (χ0) is 15.4. The van der Waals surface area contributed by atoms with Crippen molar-refractivity contribution in [3.05, 3.63) is 24.3 Å². The maximum atomic E-state index is 12.5. The fraction of sp³-hybridized carbons (Fsp3) is 0.429. The monoisotopic (exact) mass is 315 g/mol. The summed E-state index contributed by atoms with van der Waals surface area (Å²) in [5.41, 5.74) is 0.295. The normalized spacial score (nSPS) is 21.5. The molecule has 1 aliphatic carbocycles. The van der Waals surface area contributed by atoms with Crippen LogP contribution in [0.1, 0.15) is 19.3 Å². The molecule has 0 saturated heterocycles. The van der Waals surface area contributed by atoms with Crippen molar-refractivity contribution in [1.82, 2.24) is 0 Å². The molecular weight excluding hydrogens is 300 g/mol. The fourth-order valence-corrected chi connectivity index (χ4v) is 3.16. The van der Waals surface area contributed by atoms with Crippen LogP contribution in [0, 0.1) is 11.8 Å². The smallest absolute Gasteiger partial charge is 0.307 e.